The van der Waals surface area contributed by atoms with Crippen molar-refractivity contribution in [3.8, 4) is 5.88 Å². The Morgan fingerprint density at radius 2 is 1.77 bits per heavy atom. The maximum atomic E-state index is 12.7. The van der Waals surface area contributed by atoms with Crippen LogP contribution >= 0.6 is 0 Å². The van der Waals surface area contributed by atoms with Crippen molar-refractivity contribution in [3.63, 3.8) is 0 Å². The molecule has 5 rings (SSSR count). The molecule has 1 atom stereocenters. The van der Waals surface area contributed by atoms with Crippen molar-refractivity contribution in [2.45, 2.75) is 32.7 Å². The van der Waals surface area contributed by atoms with Crippen LogP contribution in [0, 0.1) is 5.92 Å². The van der Waals surface area contributed by atoms with Crippen LogP contribution in [-0.2, 0) is 13.0 Å². The number of ether oxygens (including phenoxy) is 1. The third-order valence-corrected chi connectivity index (χ3v) is 7.59. The Labute approximate surface area is 236 Å². The summed E-state index contributed by atoms with van der Waals surface area (Å²) in [5.41, 5.74) is 3.42. The van der Waals surface area contributed by atoms with Crippen molar-refractivity contribution in [3.05, 3.63) is 83.8 Å². The second kappa shape index (κ2) is 13.5. The number of carbonyl (C=O) groups is 2. The number of benzene rings is 1. The first-order valence-electron chi connectivity index (χ1n) is 14.2. The van der Waals surface area contributed by atoms with Crippen LogP contribution < -0.4 is 10.1 Å². The zero-order valence-corrected chi connectivity index (χ0v) is 23.2. The van der Waals surface area contributed by atoms with E-state index in [2.05, 4.69) is 32.0 Å². The maximum Gasteiger partial charge on any atom is 0.416 e. The number of amides is 2. The van der Waals surface area contributed by atoms with Gasteiger partial charge in [-0.3, -0.25) is 19.6 Å². The zero-order chi connectivity index (χ0) is 27.7. The van der Waals surface area contributed by atoms with Crippen molar-refractivity contribution < 1.29 is 14.3 Å². The predicted molar refractivity (Wildman–Crippen MR) is 154 cm³/mol. The normalized spacial score (nSPS) is 18.3. The van der Waals surface area contributed by atoms with Crippen molar-refractivity contribution in [2.24, 2.45) is 5.92 Å². The van der Waals surface area contributed by atoms with Crippen molar-refractivity contribution >= 4 is 17.7 Å². The van der Waals surface area contributed by atoms with Crippen molar-refractivity contribution in [2.75, 3.05) is 51.1 Å². The van der Waals surface area contributed by atoms with Gasteiger partial charge >= 0.3 is 6.09 Å². The third kappa shape index (κ3) is 7.86. The molecule has 0 aliphatic carbocycles. The second-order valence-corrected chi connectivity index (χ2v) is 10.8. The summed E-state index contributed by atoms with van der Waals surface area (Å²) in [7, 11) is 0. The fourth-order valence-corrected chi connectivity index (χ4v) is 5.29. The molecular weight excluding hydrogens is 504 g/mol. The highest BCUT2D eigenvalue weighted by Gasteiger charge is 2.23. The van der Waals surface area contributed by atoms with Crippen molar-refractivity contribution in [1.29, 1.82) is 0 Å². The monoisotopic (exact) mass is 542 g/mol. The molecule has 3 aromatic rings. The number of likely N-dealkylation sites (tertiary alicyclic amines) is 1. The molecule has 0 radical (unpaired) electrons. The standard InChI is InChI=1S/C31H38N6O3/c1-24-5-4-15-36(22-24)23-25-7-9-26(10-8-25)30(38)34-28-11-12-29(33-21-28)40-31(39)37-19-17-35(18-20-37)16-13-27-6-2-3-14-32-27/h2-3,6-12,14,21,24H,4-5,13,15-20,22-23H2,1H3,(H,34,38). The highest BCUT2D eigenvalue weighted by atomic mass is 16.6. The lowest BCUT2D eigenvalue weighted by Gasteiger charge is -2.33. The van der Waals surface area contributed by atoms with E-state index in [1.807, 2.05) is 48.7 Å². The average Bonchev–Trinajstić information content (AvgIpc) is 2.98. The number of nitrogens with one attached hydrogen (secondary N) is 1. The number of carbonyl (C=O) groups excluding carboxylic acids is 2. The average molecular weight is 543 g/mol. The van der Waals surface area contributed by atoms with E-state index >= 15 is 0 Å². The summed E-state index contributed by atoms with van der Waals surface area (Å²) in [4.78, 5) is 40.5. The Hall–Kier alpha value is -3.82. The molecule has 9 nitrogen and oxygen atoms in total. The van der Waals surface area contributed by atoms with Crippen LogP contribution in [-0.4, -0.2) is 82.5 Å². The van der Waals surface area contributed by atoms with Gasteiger partial charge in [-0.05, 0) is 61.2 Å². The summed E-state index contributed by atoms with van der Waals surface area (Å²) >= 11 is 0. The molecule has 210 valence electrons. The van der Waals surface area contributed by atoms with E-state index in [0.29, 0.717) is 24.3 Å². The van der Waals surface area contributed by atoms with Gasteiger partial charge in [0.2, 0.25) is 5.88 Å². The molecule has 2 aromatic heterocycles. The smallest absolute Gasteiger partial charge is 0.391 e. The second-order valence-electron chi connectivity index (χ2n) is 10.8. The van der Waals surface area contributed by atoms with E-state index in [1.54, 1.807) is 17.0 Å². The molecule has 1 aromatic carbocycles. The molecule has 9 heteroatoms. The molecule has 0 spiro atoms. The van der Waals surface area contributed by atoms with Gasteiger partial charge in [-0.2, -0.15) is 0 Å². The number of rotatable bonds is 8. The first-order chi connectivity index (χ1) is 19.5. The van der Waals surface area contributed by atoms with Crippen LogP contribution in [0.3, 0.4) is 0 Å². The highest BCUT2D eigenvalue weighted by Crippen LogP contribution is 2.19. The fourth-order valence-electron chi connectivity index (χ4n) is 5.29. The van der Waals surface area contributed by atoms with Gasteiger partial charge in [0.1, 0.15) is 0 Å². The van der Waals surface area contributed by atoms with E-state index in [4.69, 9.17) is 4.74 Å². The Kier molecular flexibility index (Phi) is 9.36. The summed E-state index contributed by atoms with van der Waals surface area (Å²) in [6.45, 7) is 9.18. The lowest BCUT2D eigenvalue weighted by Crippen LogP contribution is -2.50. The molecular formula is C31H38N6O3. The minimum Gasteiger partial charge on any atom is -0.391 e. The molecule has 2 amide bonds. The molecule has 1 unspecified atom stereocenters. The number of hydrogen-bond donors (Lipinski definition) is 1. The number of hydrogen-bond acceptors (Lipinski definition) is 7. The van der Waals surface area contributed by atoms with Gasteiger partial charge in [-0.15, -0.1) is 0 Å². The van der Waals surface area contributed by atoms with Gasteiger partial charge in [0.15, 0.2) is 0 Å². The topological polar surface area (TPSA) is 90.9 Å². The van der Waals surface area contributed by atoms with Crippen LogP contribution in [0.25, 0.3) is 0 Å². The Morgan fingerprint density at radius 1 is 0.950 bits per heavy atom. The first kappa shape index (κ1) is 27.7. The molecule has 4 heterocycles. The van der Waals surface area contributed by atoms with Crippen LogP contribution in [0.2, 0.25) is 0 Å². The summed E-state index contributed by atoms with van der Waals surface area (Å²) in [6, 6.07) is 17.0. The van der Waals surface area contributed by atoms with E-state index < -0.39 is 6.09 Å². The minimum atomic E-state index is -0.409. The number of anilines is 1. The van der Waals surface area contributed by atoms with E-state index in [9.17, 15) is 9.59 Å². The first-order valence-corrected chi connectivity index (χ1v) is 14.2. The molecule has 2 aliphatic heterocycles. The van der Waals surface area contributed by atoms with Crippen LogP contribution in [0.5, 0.6) is 5.88 Å². The summed E-state index contributed by atoms with van der Waals surface area (Å²) in [6.07, 6.45) is 6.35. The summed E-state index contributed by atoms with van der Waals surface area (Å²) in [5, 5.41) is 2.86. The number of pyridine rings is 2. The third-order valence-electron chi connectivity index (χ3n) is 7.59. The summed E-state index contributed by atoms with van der Waals surface area (Å²) < 4.78 is 5.48. The molecule has 2 aliphatic rings. The number of piperidine rings is 1. The van der Waals surface area contributed by atoms with E-state index in [1.165, 1.54) is 24.6 Å². The SMILES string of the molecule is CC1CCCN(Cc2ccc(C(=O)Nc3ccc(OC(=O)N4CCN(CCc5ccccn5)CC4)nc3)cc2)C1. The Balaban J connectivity index is 1.04. The van der Waals surface area contributed by atoms with Gasteiger partial charge in [0, 0.05) is 75.8 Å². The van der Waals surface area contributed by atoms with Gasteiger partial charge in [0.05, 0.1) is 11.9 Å². The van der Waals surface area contributed by atoms with Crippen LogP contribution in [0.4, 0.5) is 10.5 Å². The summed E-state index contributed by atoms with van der Waals surface area (Å²) in [5.74, 6) is 0.745. The van der Waals surface area contributed by atoms with Gasteiger partial charge in [-0.25, -0.2) is 9.78 Å². The van der Waals surface area contributed by atoms with E-state index in [0.717, 1.165) is 57.3 Å². The number of aromatic nitrogens is 2. The lowest BCUT2D eigenvalue weighted by molar-refractivity contribution is 0.102. The molecule has 2 saturated heterocycles. The van der Waals surface area contributed by atoms with Crippen LogP contribution in [0.1, 0.15) is 41.4 Å². The molecule has 2 fully saturated rings. The number of nitrogens with zero attached hydrogens (tertiary/aromatic N) is 5. The Morgan fingerprint density at radius 3 is 2.48 bits per heavy atom. The van der Waals surface area contributed by atoms with E-state index in [-0.39, 0.29) is 11.8 Å². The molecule has 0 bridgehead atoms. The number of piperazine rings is 1. The zero-order valence-electron chi connectivity index (χ0n) is 23.2. The quantitative estimate of drug-likeness (QED) is 0.453. The highest BCUT2D eigenvalue weighted by molar-refractivity contribution is 6.04. The largest absolute Gasteiger partial charge is 0.416 e. The minimum absolute atomic E-state index is 0.203. The molecule has 0 saturated carbocycles. The van der Waals surface area contributed by atoms with Crippen molar-refractivity contribution in [1.82, 2.24) is 24.7 Å². The van der Waals surface area contributed by atoms with Gasteiger partial charge in [-0.1, -0.05) is 25.1 Å². The van der Waals surface area contributed by atoms with Gasteiger partial charge < -0.3 is 15.0 Å². The lowest BCUT2D eigenvalue weighted by atomic mass is 9.99. The predicted octanol–water partition coefficient (Wildman–Crippen LogP) is 4.32. The molecule has 1 N–H and O–H groups in total. The van der Waals surface area contributed by atoms with Gasteiger partial charge in [0.25, 0.3) is 5.91 Å². The van der Waals surface area contributed by atoms with Crippen LogP contribution in [0.15, 0.2) is 67.0 Å². The maximum absolute atomic E-state index is 12.7. The Bertz CT molecular complexity index is 1240. The molecule has 40 heavy (non-hydrogen) atoms. The fraction of sp³-hybridized carbons (Fsp3) is 0.419.